The second-order valence-electron chi connectivity index (χ2n) is 14.6. The molecule has 0 amide bonds. The average Bonchev–Trinajstić information content (AvgIpc) is 3.69. The van der Waals surface area contributed by atoms with Gasteiger partial charge < -0.3 is 4.74 Å². The molecule has 4 aromatic carbocycles. The molecule has 0 unspecified atom stereocenters. The number of hydrogen-bond donors (Lipinski definition) is 0. The molecule has 50 heavy (non-hydrogen) atoms. The van der Waals surface area contributed by atoms with E-state index in [1.54, 1.807) is 16.7 Å². The fourth-order valence-corrected chi connectivity index (χ4v) is 6.31. The SMILES string of the molecule is [2H]c1c([2H])c(C([2H])([2H])[2H])c([2H])c([2H])c1[N+]1=C=[N+](c2cc(Oc3cc4c(cn3)c3ccccc3n4-c3cc(C(C)(C)C)ccn3)cc(C(C)(C)C)c2)c2ccccc21. The molecular weight excluding hydrogens is 615 g/mol. The largest absolute Gasteiger partial charge is 0.503 e. The maximum atomic E-state index is 8.83. The minimum atomic E-state index is -2.82. The summed E-state index contributed by atoms with van der Waals surface area (Å²) in [4.78, 5) is 9.57. The lowest BCUT2D eigenvalue weighted by atomic mass is 9.86. The Morgan fingerprint density at radius 1 is 0.700 bits per heavy atom. The van der Waals surface area contributed by atoms with Gasteiger partial charge >= 0.3 is 6.01 Å². The van der Waals surface area contributed by atoms with Gasteiger partial charge in [-0.05, 0) is 62.2 Å². The van der Waals surface area contributed by atoms with E-state index in [9.17, 15) is 0 Å². The van der Waals surface area contributed by atoms with E-state index in [0.29, 0.717) is 28.7 Å². The van der Waals surface area contributed by atoms with Crippen molar-refractivity contribution in [2.45, 2.75) is 59.2 Å². The lowest BCUT2D eigenvalue weighted by Crippen LogP contribution is -2.12. The van der Waals surface area contributed by atoms with Crippen LogP contribution in [0.4, 0.5) is 22.7 Å². The molecule has 4 heterocycles. The van der Waals surface area contributed by atoms with E-state index in [0.717, 1.165) is 38.8 Å². The first-order valence-electron chi connectivity index (χ1n) is 20.1. The highest BCUT2D eigenvalue weighted by Gasteiger charge is 2.37. The van der Waals surface area contributed by atoms with Gasteiger partial charge in [0, 0.05) is 63.6 Å². The van der Waals surface area contributed by atoms with E-state index >= 15 is 0 Å². The molecule has 0 aliphatic carbocycles. The zero-order chi connectivity index (χ0) is 40.8. The highest BCUT2D eigenvalue weighted by molar-refractivity contribution is 6.09. The number of nitrogens with zero attached hydrogens (tertiary/aromatic N) is 5. The van der Waals surface area contributed by atoms with Crippen LogP contribution in [0.2, 0.25) is 0 Å². The zero-order valence-electron chi connectivity index (χ0n) is 35.9. The van der Waals surface area contributed by atoms with Crippen LogP contribution < -0.4 is 13.9 Å². The second-order valence-corrected chi connectivity index (χ2v) is 14.6. The molecule has 3 aromatic heterocycles. The van der Waals surface area contributed by atoms with Crippen molar-refractivity contribution in [3.63, 3.8) is 0 Å². The summed E-state index contributed by atoms with van der Waals surface area (Å²) in [5, 5.41) is 2.01. The van der Waals surface area contributed by atoms with Crippen LogP contribution >= 0.6 is 0 Å². The van der Waals surface area contributed by atoms with Gasteiger partial charge in [0.25, 0.3) is 11.4 Å². The van der Waals surface area contributed by atoms with Crippen LogP contribution in [0.25, 0.3) is 27.6 Å². The standard InChI is InChI=1S/C44H41N5O/c1-29-16-18-32(19-17-29)47-28-48(39-15-11-10-14-38(39)47)33-22-31(44(5,6)7)23-34(25-33)50-42-26-40-36(27-46-42)35-12-8-9-13-37(35)49(40)41-24-30(20-21-45-41)43(2,3)4/h8-27H,1-7H3/q+2/i1D3,16D,17D,18D,19D. The van der Waals surface area contributed by atoms with Crippen LogP contribution in [0.5, 0.6) is 11.6 Å². The molecule has 0 radical (unpaired) electrons. The molecule has 0 spiro atoms. The van der Waals surface area contributed by atoms with E-state index in [1.807, 2.05) is 67.0 Å². The Bertz CT molecular complexity index is 2850. The Balaban J connectivity index is 1.29. The average molecular weight is 663 g/mol. The normalized spacial score (nSPS) is 15.3. The topological polar surface area (TPSA) is 46.0 Å². The monoisotopic (exact) mass is 662 g/mol. The maximum absolute atomic E-state index is 8.83. The summed E-state index contributed by atoms with van der Waals surface area (Å²) in [6.07, 6.45) is 3.68. The van der Waals surface area contributed by atoms with Crippen molar-refractivity contribution < 1.29 is 14.3 Å². The molecule has 8 rings (SSSR count). The third kappa shape index (κ3) is 5.58. The van der Waals surface area contributed by atoms with E-state index in [-0.39, 0.29) is 16.5 Å². The molecule has 0 bridgehead atoms. The summed E-state index contributed by atoms with van der Waals surface area (Å²) in [5.74, 6) is 1.69. The van der Waals surface area contributed by atoms with Crippen LogP contribution in [-0.2, 0) is 10.8 Å². The van der Waals surface area contributed by atoms with Crippen molar-refractivity contribution in [3.8, 4) is 17.4 Å². The fourth-order valence-electron chi connectivity index (χ4n) is 6.31. The van der Waals surface area contributed by atoms with Crippen molar-refractivity contribution in [1.29, 1.82) is 0 Å². The van der Waals surface area contributed by atoms with Gasteiger partial charge in [-0.1, -0.05) is 89.5 Å². The quantitative estimate of drug-likeness (QED) is 0.172. The highest BCUT2D eigenvalue weighted by Crippen LogP contribution is 2.40. The molecule has 246 valence electrons. The highest BCUT2D eigenvalue weighted by atomic mass is 16.5. The molecular formula is C44H41N5O+2. The third-order valence-corrected chi connectivity index (χ3v) is 9.01. The van der Waals surface area contributed by atoms with Crippen LogP contribution in [0.15, 0.2) is 121 Å². The van der Waals surface area contributed by atoms with Gasteiger partial charge in [0.2, 0.25) is 17.3 Å². The van der Waals surface area contributed by atoms with Crippen molar-refractivity contribution in [3.05, 3.63) is 138 Å². The second kappa shape index (κ2) is 11.6. The summed E-state index contributed by atoms with van der Waals surface area (Å²) in [7, 11) is 0. The van der Waals surface area contributed by atoms with Gasteiger partial charge in [0.1, 0.15) is 11.6 Å². The lowest BCUT2D eigenvalue weighted by molar-refractivity contribution is 0.460. The van der Waals surface area contributed by atoms with E-state index in [2.05, 4.69) is 70.3 Å². The summed E-state index contributed by atoms with van der Waals surface area (Å²) in [6.45, 7) is 10.0. The van der Waals surface area contributed by atoms with Crippen LogP contribution in [0, 0.1) is 6.85 Å². The Kier molecular flexibility index (Phi) is 5.66. The van der Waals surface area contributed by atoms with Gasteiger partial charge in [0.05, 0.1) is 22.6 Å². The number of aromatic nitrogens is 3. The first kappa shape index (κ1) is 24.3. The van der Waals surface area contributed by atoms with Crippen LogP contribution in [-0.4, -0.2) is 20.5 Å². The van der Waals surface area contributed by atoms with E-state index in [4.69, 9.17) is 24.3 Å². The Hall–Kier alpha value is -5.84. The molecule has 0 saturated heterocycles. The summed E-state index contributed by atoms with van der Waals surface area (Å²) < 4.78 is 70.4. The molecule has 0 N–H and O–H groups in total. The first-order chi connectivity index (χ1) is 26.8. The van der Waals surface area contributed by atoms with Crippen LogP contribution in [0.1, 0.15) is 67.8 Å². The van der Waals surface area contributed by atoms with Gasteiger partial charge in [-0.3, -0.25) is 4.57 Å². The molecule has 1 aliphatic heterocycles. The van der Waals surface area contributed by atoms with Crippen molar-refractivity contribution in [2.24, 2.45) is 0 Å². The zero-order valence-corrected chi connectivity index (χ0v) is 28.9. The predicted octanol–water partition coefficient (Wildman–Crippen LogP) is 11.1. The Morgan fingerprint density at radius 3 is 2.12 bits per heavy atom. The summed E-state index contributed by atoms with van der Waals surface area (Å²) >= 11 is 0. The molecule has 0 fully saturated rings. The van der Waals surface area contributed by atoms with Gasteiger partial charge in [-0.15, -0.1) is 0 Å². The summed E-state index contributed by atoms with van der Waals surface area (Å²) in [6, 6.07) is 28.6. The molecule has 7 aromatic rings. The molecule has 0 atom stereocenters. The first-order valence-corrected chi connectivity index (χ1v) is 16.6. The molecule has 0 saturated carbocycles. The minimum Gasteiger partial charge on any atom is -0.439 e. The number of fused-ring (bicyclic) bond motifs is 4. The van der Waals surface area contributed by atoms with E-state index < -0.39 is 36.6 Å². The van der Waals surface area contributed by atoms with E-state index in [1.165, 1.54) is 4.58 Å². The molecule has 1 aliphatic rings. The number of hydrogen-bond acceptors (Lipinski definition) is 3. The van der Waals surface area contributed by atoms with Gasteiger partial charge in [-0.25, -0.2) is 9.97 Å². The van der Waals surface area contributed by atoms with Crippen molar-refractivity contribution in [2.75, 3.05) is 0 Å². The minimum absolute atomic E-state index is 0.0732. The number of para-hydroxylation sites is 3. The van der Waals surface area contributed by atoms with Crippen molar-refractivity contribution in [1.82, 2.24) is 23.7 Å². The fraction of sp³-hybridized carbons (Fsp3) is 0.205. The number of ether oxygens (including phenoxy) is 1. The Labute approximate surface area is 303 Å². The number of rotatable bonds is 5. The summed E-state index contributed by atoms with van der Waals surface area (Å²) in [5.41, 5.74) is 4.79. The number of pyridine rings is 2. The Morgan fingerprint density at radius 2 is 1.40 bits per heavy atom. The lowest BCUT2D eigenvalue weighted by Gasteiger charge is -2.20. The van der Waals surface area contributed by atoms with Crippen molar-refractivity contribution >= 4 is 50.6 Å². The van der Waals surface area contributed by atoms with Gasteiger partial charge in [0.15, 0.2) is 0 Å². The molecule has 6 heteroatoms. The predicted molar refractivity (Wildman–Crippen MR) is 206 cm³/mol. The smallest absolute Gasteiger partial charge is 0.439 e. The van der Waals surface area contributed by atoms with Crippen LogP contribution in [0.3, 0.4) is 0 Å². The van der Waals surface area contributed by atoms with Gasteiger partial charge in [-0.2, -0.15) is 0 Å². The maximum Gasteiger partial charge on any atom is 0.503 e. The number of benzene rings is 4. The molecule has 6 nitrogen and oxygen atoms in total. The third-order valence-electron chi connectivity index (χ3n) is 9.01.